The number of nitriles is 1. The third-order valence-corrected chi connectivity index (χ3v) is 3.85. The first-order chi connectivity index (χ1) is 12.6. The second kappa shape index (κ2) is 8.88. The molecule has 0 saturated carbocycles. The summed E-state index contributed by atoms with van der Waals surface area (Å²) in [5.74, 6) is 0.0406. The van der Waals surface area contributed by atoms with Crippen LogP contribution in [-0.4, -0.2) is 32.4 Å². The molecule has 2 aromatic carbocycles. The van der Waals surface area contributed by atoms with Crippen LogP contribution in [0, 0.1) is 11.3 Å². The number of carbonyl (C=O) groups excluding carboxylic acids is 1. The molecule has 0 amide bonds. The van der Waals surface area contributed by atoms with Crippen molar-refractivity contribution >= 4 is 5.97 Å². The van der Waals surface area contributed by atoms with Gasteiger partial charge in [0.15, 0.2) is 17.6 Å². The van der Waals surface area contributed by atoms with Gasteiger partial charge in [-0.05, 0) is 24.6 Å². The van der Waals surface area contributed by atoms with E-state index in [9.17, 15) is 10.1 Å². The average molecular weight is 355 g/mol. The van der Waals surface area contributed by atoms with E-state index in [1.165, 1.54) is 14.2 Å². The molecule has 2 rings (SSSR count). The summed E-state index contributed by atoms with van der Waals surface area (Å²) < 4.78 is 21.8. The number of nitrogens with zero attached hydrogens (tertiary/aromatic N) is 1. The van der Waals surface area contributed by atoms with Crippen LogP contribution < -0.4 is 9.47 Å². The summed E-state index contributed by atoms with van der Waals surface area (Å²) in [5.41, 5.74) is -1.38. The van der Waals surface area contributed by atoms with E-state index in [-0.39, 0.29) is 6.61 Å². The number of hydrogen-bond acceptors (Lipinski definition) is 6. The number of para-hydroxylation sites is 2. The fourth-order valence-electron chi connectivity index (χ4n) is 2.54. The molecule has 0 aliphatic heterocycles. The van der Waals surface area contributed by atoms with Crippen LogP contribution in [0.4, 0.5) is 0 Å². The SMILES string of the molecule is CCOC(=O)C(C#N)(OC)C(Oc1ccccc1OC)c1ccccc1. The fourth-order valence-corrected chi connectivity index (χ4v) is 2.54. The Hall–Kier alpha value is -3.04. The summed E-state index contributed by atoms with van der Waals surface area (Å²) in [7, 11) is 2.79. The van der Waals surface area contributed by atoms with Gasteiger partial charge in [-0.15, -0.1) is 0 Å². The zero-order chi connectivity index (χ0) is 19.0. The van der Waals surface area contributed by atoms with Gasteiger partial charge in [0, 0.05) is 7.11 Å². The number of benzene rings is 2. The van der Waals surface area contributed by atoms with E-state index in [2.05, 4.69) is 0 Å². The van der Waals surface area contributed by atoms with Gasteiger partial charge in [0.2, 0.25) is 0 Å². The second-order valence-electron chi connectivity index (χ2n) is 5.33. The van der Waals surface area contributed by atoms with Crippen LogP contribution in [0.3, 0.4) is 0 Å². The van der Waals surface area contributed by atoms with Gasteiger partial charge < -0.3 is 18.9 Å². The highest BCUT2D eigenvalue weighted by molar-refractivity contribution is 5.84. The molecule has 6 heteroatoms. The Morgan fingerprint density at radius 2 is 1.69 bits per heavy atom. The molecular formula is C20H21NO5. The summed E-state index contributed by atoms with van der Waals surface area (Å²) in [6, 6.07) is 17.8. The summed E-state index contributed by atoms with van der Waals surface area (Å²) >= 11 is 0. The van der Waals surface area contributed by atoms with E-state index in [1.807, 2.05) is 12.1 Å². The van der Waals surface area contributed by atoms with Crippen molar-refractivity contribution in [2.75, 3.05) is 20.8 Å². The van der Waals surface area contributed by atoms with Gasteiger partial charge in [-0.3, -0.25) is 0 Å². The third kappa shape index (κ3) is 3.79. The average Bonchev–Trinajstić information content (AvgIpc) is 2.69. The van der Waals surface area contributed by atoms with Crippen LogP contribution in [0.5, 0.6) is 11.5 Å². The third-order valence-electron chi connectivity index (χ3n) is 3.85. The molecule has 2 atom stereocenters. The van der Waals surface area contributed by atoms with E-state index in [1.54, 1.807) is 55.5 Å². The summed E-state index contributed by atoms with van der Waals surface area (Å²) in [5, 5.41) is 9.82. The number of carbonyl (C=O) groups is 1. The van der Waals surface area contributed by atoms with Gasteiger partial charge in [0.05, 0.1) is 13.7 Å². The lowest BCUT2D eigenvalue weighted by Gasteiger charge is -2.32. The van der Waals surface area contributed by atoms with E-state index in [0.29, 0.717) is 17.1 Å². The monoisotopic (exact) mass is 355 g/mol. The highest BCUT2D eigenvalue weighted by Crippen LogP contribution is 2.38. The highest BCUT2D eigenvalue weighted by Gasteiger charge is 2.51. The smallest absolute Gasteiger partial charge is 0.357 e. The van der Waals surface area contributed by atoms with Gasteiger partial charge in [0.1, 0.15) is 6.07 Å². The van der Waals surface area contributed by atoms with Crippen molar-refractivity contribution in [2.24, 2.45) is 0 Å². The molecule has 0 fully saturated rings. The van der Waals surface area contributed by atoms with Crippen LogP contribution in [-0.2, 0) is 14.3 Å². The molecule has 0 bridgehead atoms. The zero-order valence-corrected chi connectivity index (χ0v) is 15.0. The number of hydrogen-bond donors (Lipinski definition) is 0. The fraction of sp³-hybridized carbons (Fsp3) is 0.300. The topological polar surface area (TPSA) is 77.8 Å². The first-order valence-corrected chi connectivity index (χ1v) is 8.11. The number of methoxy groups -OCH3 is 2. The van der Waals surface area contributed by atoms with Gasteiger partial charge in [-0.25, -0.2) is 4.79 Å². The van der Waals surface area contributed by atoms with E-state index in [0.717, 1.165) is 0 Å². The Bertz CT molecular complexity index is 771. The molecule has 136 valence electrons. The van der Waals surface area contributed by atoms with Crippen molar-refractivity contribution < 1.29 is 23.7 Å². The lowest BCUT2D eigenvalue weighted by atomic mass is 9.91. The standard InChI is InChI=1S/C20H21NO5/c1-4-25-19(22)20(14-21,24-3)18(15-10-6-5-7-11-15)26-17-13-9-8-12-16(17)23-2/h5-13,18H,4H2,1-3H3. The predicted octanol–water partition coefficient (Wildman–Crippen LogP) is 3.29. The van der Waals surface area contributed by atoms with Crippen LogP contribution in [0.1, 0.15) is 18.6 Å². The lowest BCUT2D eigenvalue weighted by Crippen LogP contribution is -2.48. The second-order valence-corrected chi connectivity index (χ2v) is 5.33. The van der Waals surface area contributed by atoms with Crippen molar-refractivity contribution in [3.63, 3.8) is 0 Å². The number of rotatable bonds is 8. The molecule has 0 heterocycles. The van der Waals surface area contributed by atoms with Crippen molar-refractivity contribution in [3.8, 4) is 17.6 Å². The van der Waals surface area contributed by atoms with Gasteiger partial charge >= 0.3 is 5.97 Å². The Morgan fingerprint density at radius 3 is 2.23 bits per heavy atom. The van der Waals surface area contributed by atoms with Crippen LogP contribution >= 0.6 is 0 Å². The molecule has 26 heavy (non-hydrogen) atoms. The number of ether oxygens (including phenoxy) is 4. The molecule has 2 aromatic rings. The number of esters is 1. The first-order valence-electron chi connectivity index (χ1n) is 8.11. The largest absolute Gasteiger partial charge is 0.493 e. The molecule has 0 N–H and O–H groups in total. The van der Waals surface area contributed by atoms with Crippen LogP contribution in [0.15, 0.2) is 54.6 Å². The minimum atomic E-state index is -1.97. The molecule has 0 aromatic heterocycles. The van der Waals surface area contributed by atoms with Crippen LogP contribution in [0.25, 0.3) is 0 Å². The van der Waals surface area contributed by atoms with Crippen molar-refractivity contribution in [2.45, 2.75) is 18.6 Å². The van der Waals surface area contributed by atoms with Crippen molar-refractivity contribution in [1.82, 2.24) is 0 Å². The van der Waals surface area contributed by atoms with Crippen molar-refractivity contribution in [1.29, 1.82) is 5.26 Å². The molecule has 6 nitrogen and oxygen atoms in total. The van der Waals surface area contributed by atoms with E-state index < -0.39 is 17.7 Å². The Balaban J connectivity index is 2.57. The Morgan fingerprint density at radius 1 is 1.08 bits per heavy atom. The molecule has 0 spiro atoms. The summed E-state index contributed by atoms with van der Waals surface area (Å²) in [4.78, 5) is 12.6. The molecule has 0 aliphatic rings. The van der Waals surface area contributed by atoms with Gasteiger partial charge in [-0.1, -0.05) is 42.5 Å². The van der Waals surface area contributed by atoms with Gasteiger partial charge in [-0.2, -0.15) is 5.26 Å². The molecule has 0 radical (unpaired) electrons. The lowest BCUT2D eigenvalue weighted by molar-refractivity contribution is -0.171. The first kappa shape index (κ1) is 19.3. The van der Waals surface area contributed by atoms with Gasteiger partial charge in [0.25, 0.3) is 5.60 Å². The van der Waals surface area contributed by atoms with Crippen LogP contribution in [0.2, 0.25) is 0 Å². The maximum Gasteiger partial charge on any atom is 0.357 e. The van der Waals surface area contributed by atoms with Crippen molar-refractivity contribution in [3.05, 3.63) is 60.2 Å². The summed E-state index contributed by atoms with van der Waals surface area (Å²) in [6.07, 6.45) is -1.06. The summed E-state index contributed by atoms with van der Waals surface area (Å²) in [6.45, 7) is 1.77. The maximum atomic E-state index is 12.6. The van der Waals surface area contributed by atoms with E-state index >= 15 is 0 Å². The normalized spacial score (nSPS) is 13.8. The molecule has 0 saturated heterocycles. The Kier molecular flexibility index (Phi) is 6.59. The predicted molar refractivity (Wildman–Crippen MR) is 94.8 cm³/mol. The minimum Gasteiger partial charge on any atom is -0.493 e. The Labute approximate surface area is 152 Å². The quantitative estimate of drug-likeness (QED) is 0.676. The maximum absolute atomic E-state index is 12.6. The molecule has 0 aliphatic carbocycles. The minimum absolute atomic E-state index is 0.113. The molecule has 2 unspecified atom stereocenters. The van der Waals surface area contributed by atoms with E-state index in [4.69, 9.17) is 18.9 Å². The molecular weight excluding hydrogens is 334 g/mol. The highest BCUT2D eigenvalue weighted by atomic mass is 16.6. The zero-order valence-electron chi connectivity index (χ0n) is 15.0.